The average molecular weight is 817 g/mol. The first-order valence-electron chi connectivity index (χ1n) is 15.4. The van der Waals surface area contributed by atoms with Gasteiger partial charge in [-0.15, -0.1) is 0 Å². The molecule has 48 heavy (non-hydrogen) atoms. The molecule has 0 aliphatic carbocycles. The fourth-order valence-corrected chi connectivity index (χ4v) is 8.02. The molecule has 2 unspecified atom stereocenters. The molecule has 0 saturated carbocycles. The molecule has 2 fully saturated rings. The molecule has 0 bridgehead atoms. The molecule has 0 radical (unpaired) electrons. The van der Waals surface area contributed by atoms with Gasteiger partial charge in [-0.05, 0) is 29.5 Å². The number of methoxy groups -OCH3 is 2. The number of piperidine rings is 2. The minimum atomic E-state index is -0.583. The Hall–Kier alpha value is -2.97. The summed E-state index contributed by atoms with van der Waals surface area (Å²) in [7, 11) is 2.77. The Labute approximate surface area is 302 Å². The second-order valence-electron chi connectivity index (χ2n) is 11.4. The number of esters is 2. The second kappa shape index (κ2) is 20.5. The Bertz CT molecular complexity index is 1460. The molecule has 262 valence electrons. The molecule has 2 heterocycles. The van der Waals surface area contributed by atoms with Crippen LogP contribution in [0.5, 0.6) is 0 Å². The third-order valence-electron chi connectivity index (χ3n) is 8.40. The fraction of sp³-hybridized carbons (Fsp3) is 0.429. The van der Waals surface area contributed by atoms with E-state index in [1.165, 1.54) is 26.1 Å². The Balaban J connectivity index is 0.000000261. The summed E-state index contributed by atoms with van der Waals surface area (Å²) < 4.78 is 22.3. The van der Waals surface area contributed by atoms with Crippen molar-refractivity contribution < 1.29 is 59.3 Å². The summed E-state index contributed by atoms with van der Waals surface area (Å²) in [6.07, 6.45) is 3.28. The van der Waals surface area contributed by atoms with Gasteiger partial charge in [0.05, 0.1) is 13.4 Å². The van der Waals surface area contributed by atoms with E-state index in [2.05, 4.69) is 22.8 Å². The van der Waals surface area contributed by atoms with Crippen molar-refractivity contribution in [3.8, 4) is 0 Å². The van der Waals surface area contributed by atoms with E-state index < -0.39 is 12.1 Å². The molecule has 0 N–H and O–H groups in total. The number of halogens is 3. The zero-order valence-corrected chi connectivity index (χ0v) is 31.2. The number of carbonyl (C=O) groups excluding carboxylic acids is 4. The summed E-state index contributed by atoms with van der Waals surface area (Å²) in [4.78, 5) is 49.6. The van der Waals surface area contributed by atoms with Crippen molar-refractivity contribution in [2.75, 3.05) is 45.0 Å². The van der Waals surface area contributed by atoms with Crippen molar-refractivity contribution in [1.29, 1.82) is 0 Å². The number of hydrogen-bond acceptors (Lipinski definition) is 10. The van der Waals surface area contributed by atoms with Crippen LogP contribution in [-0.4, -0.2) is 79.7 Å². The summed E-state index contributed by atoms with van der Waals surface area (Å²) >= 11 is 12.3. The van der Waals surface area contributed by atoms with Gasteiger partial charge in [0.2, 0.25) is 0 Å². The van der Waals surface area contributed by atoms with E-state index in [-0.39, 0.29) is 39.1 Å². The van der Waals surface area contributed by atoms with Gasteiger partial charge in [-0.1, -0.05) is 36.7 Å². The van der Waals surface area contributed by atoms with E-state index in [0.717, 1.165) is 37.1 Å². The Morgan fingerprint density at radius 3 is 1.75 bits per heavy atom. The van der Waals surface area contributed by atoms with Crippen LogP contribution in [0.2, 0.25) is 10.0 Å². The standard InChI is InChI=1S/C18H22ClINO4.C17H20ClNO4/c1-13-7-8-21(10-14(13)9-20-11-25-12-22)17(18(23)24-2)15-5-3-4-6-16(15)19;1-12-7-8-19(9-13(12)10-23-11-20)16(17(21)22-2)14-5-3-4-6-15(14)18/h3-6,9,12-13,17H,7-8,10-11H2,1-2H3;3-6,10-12,16H,7-9H2,1-2H3/q-1;/b14-9-;13-10-/t13?,17-;12?,16-/m00/s1. The van der Waals surface area contributed by atoms with Crippen LogP contribution in [0.4, 0.5) is 0 Å². The molecule has 0 spiro atoms. The average Bonchev–Trinajstić information content (AvgIpc) is 3.09. The Morgan fingerprint density at radius 2 is 1.29 bits per heavy atom. The number of ether oxygens (including phenoxy) is 4. The summed E-state index contributed by atoms with van der Waals surface area (Å²) in [5.74, 6) is 0.0803. The van der Waals surface area contributed by atoms with Crippen molar-refractivity contribution in [3.63, 3.8) is 0 Å². The summed E-state index contributed by atoms with van der Waals surface area (Å²) in [6.45, 7) is 7.87. The minimum absolute atomic E-state index is 0.288. The maximum atomic E-state index is 12.5. The van der Waals surface area contributed by atoms with E-state index in [0.29, 0.717) is 52.2 Å². The first kappa shape index (κ1) is 39.5. The van der Waals surface area contributed by atoms with Gasteiger partial charge in [-0.3, -0.25) is 9.69 Å². The van der Waals surface area contributed by atoms with Gasteiger partial charge in [0.15, 0.2) is 0 Å². The van der Waals surface area contributed by atoms with Crippen molar-refractivity contribution in [1.82, 2.24) is 9.80 Å². The van der Waals surface area contributed by atoms with Crippen LogP contribution < -0.4 is 21.2 Å². The third kappa shape index (κ3) is 11.0. The monoisotopic (exact) mass is 815 g/mol. The van der Waals surface area contributed by atoms with Gasteiger partial charge in [0.25, 0.3) is 6.47 Å². The predicted octanol–water partition coefficient (Wildman–Crippen LogP) is 2.95. The molecule has 0 aromatic heterocycles. The molecule has 10 nitrogen and oxygen atoms in total. The molecular weight excluding hydrogens is 774 g/mol. The first-order chi connectivity index (χ1) is 23.2. The molecule has 2 saturated heterocycles. The normalized spacial score (nSPS) is 21.4. The van der Waals surface area contributed by atoms with Gasteiger partial charge in [-0.25, -0.2) is 4.79 Å². The quantitative estimate of drug-likeness (QED) is 0.0604. The number of alkyl halides is 1. The predicted molar refractivity (Wildman–Crippen MR) is 178 cm³/mol. The van der Waals surface area contributed by atoms with Crippen LogP contribution in [0.25, 0.3) is 0 Å². The van der Waals surface area contributed by atoms with Crippen molar-refractivity contribution in [2.24, 2.45) is 11.8 Å². The number of hydrogen-bond donors (Lipinski definition) is 0. The van der Waals surface area contributed by atoms with Crippen LogP contribution in [0.15, 0.2) is 70.0 Å². The molecule has 2 aliphatic rings. The van der Waals surface area contributed by atoms with E-state index in [1.54, 1.807) is 12.1 Å². The zero-order chi connectivity index (χ0) is 35.1. The number of likely N-dealkylation sites (tertiary alicyclic amines) is 2. The topological polar surface area (TPSA) is 112 Å². The molecule has 4 atom stereocenters. The van der Waals surface area contributed by atoms with Crippen molar-refractivity contribution >= 4 is 48.1 Å². The Morgan fingerprint density at radius 1 is 0.812 bits per heavy atom. The SMILES string of the molecule is COC(=O)[C@H](c1ccccc1Cl)N1CCC(C)/C(=C\OC=O)C1.COC(=O)[C@H](c1ccccc1Cl)N1CCC(C)/C(=C\[I-]COC=O)C1. The van der Waals surface area contributed by atoms with Gasteiger partial charge in [0, 0.05) is 18.1 Å². The Kier molecular flexibility index (Phi) is 16.9. The van der Waals surface area contributed by atoms with Gasteiger partial charge >= 0.3 is 170 Å². The van der Waals surface area contributed by atoms with Crippen LogP contribution in [0.1, 0.15) is 49.9 Å². The number of nitrogens with zero attached hydrogens (tertiary/aromatic N) is 2. The number of benzene rings is 2. The fourth-order valence-electron chi connectivity index (χ4n) is 5.64. The van der Waals surface area contributed by atoms with Gasteiger partial charge in [-0.2, -0.15) is 0 Å². The van der Waals surface area contributed by atoms with Crippen molar-refractivity contribution in [3.05, 3.63) is 91.2 Å². The van der Waals surface area contributed by atoms with Crippen LogP contribution >= 0.6 is 23.2 Å². The summed E-state index contributed by atoms with van der Waals surface area (Å²) in [5, 5.41) is 1.09. The molecule has 2 aromatic rings. The van der Waals surface area contributed by atoms with Crippen molar-refractivity contribution in [2.45, 2.75) is 38.8 Å². The van der Waals surface area contributed by atoms with Crippen LogP contribution in [-0.2, 0) is 38.1 Å². The first-order valence-corrected chi connectivity index (χ1v) is 18.9. The third-order valence-corrected chi connectivity index (χ3v) is 11.0. The number of carbonyl (C=O) groups is 4. The second-order valence-corrected chi connectivity index (χ2v) is 14.3. The maximum absolute atomic E-state index is 12.5. The van der Waals surface area contributed by atoms with Crippen LogP contribution in [0.3, 0.4) is 0 Å². The molecular formula is C35H42Cl2IN2O8-. The zero-order valence-electron chi connectivity index (χ0n) is 27.5. The molecule has 13 heteroatoms. The van der Waals surface area contributed by atoms with E-state index in [4.69, 9.17) is 42.1 Å². The van der Waals surface area contributed by atoms with Gasteiger partial charge < -0.3 is 9.47 Å². The van der Waals surface area contributed by atoms with E-state index >= 15 is 0 Å². The van der Waals surface area contributed by atoms with E-state index in [1.807, 2.05) is 41.3 Å². The number of rotatable bonds is 12. The molecule has 2 aromatic carbocycles. The van der Waals surface area contributed by atoms with Gasteiger partial charge in [0.1, 0.15) is 6.04 Å². The molecule has 2 aliphatic heterocycles. The van der Waals surface area contributed by atoms with E-state index in [9.17, 15) is 19.2 Å². The summed E-state index contributed by atoms with van der Waals surface area (Å²) in [6, 6.07) is 13.5. The molecule has 0 amide bonds. The summed E-state index contributed by atoms with van der Waals surface area (Å²) in [5.41, 5.74) is 3.73. The molecule has 4 rings (SSSR count). The van der Waals surface area contributed by atoms with Crippen LogP contribution in [0, 0.1) is 11.8 Å².